The van der Waals surface area contributed by atoms with E-state index in [4.69, 9.17) is 0 Å². The minimum atomic E-state index is 0.885. The van der Waals surface area contributed by atoms with Crippen LogP contribution in [0.3, 0.4) is 0 Å². The number of rotatable bonds is 2. The van der Waals surface area contributed by atoms with Crippen LogP contribution in [0.5, 0.6) is 0 Å². The highest BCUT2D eigenvalue weighted by molar-refractivity contribution is 5.60. The SMILES string of the molecule is C=Cc1ccnc(-c2cc(C)ccn2)c1. The maximum Gasteiger partial charge on any atom is 0.0892 e. The monoisotopic (exact) mass is 196 g/mol. The molecule has 0 spiro atoms. The summed E-state index contributed by atoms with van der Waals surface area (Å²) in [6.07, 6.45) is 5.38. The molecule has 2 heterocycles. The Morgan fingerprint density at radius 3 is 2.40 bits per heavy atom. The van der Waals surface area contributed by atoms with Gasteiger partial charge in [0.2, 0.25) is 0 Å². The van der Waals surface area contributed by atoms with Gasteiger partial charge in [-0.25, -0.2) is 0 Å². The molecule has 0 aliphatic rings. The van der Waals surface area contributed by atoms with Crippen LogP contribution in [0.2, 0.25) is 0 Å². The molecule has 2 rings (SSSR count). The molecule has 0 radical (unpaired) electrons. The lowest BCUT2D eigenvalue weighted by Crippen LogP contribution is -1.88. The molecule has 0 aliphatic heterocycles. The summed E-state index contributed by atoms with van der Waals surface area (Å²) in [6.45, 7) is 5.78. The van der Waals surface area contributed by atoms with Gasteiger partial charge in [0.25, 0.3) is 0 Å². The minimum absolute atomic E-state index is 0.885. The van der Waals surface area contributed by atoms with Crippen molar-refractivity contribution in [1.29, 1.82) is 0 Å². The number of pyridine rings is 2. The normalized spacial score (nSPS) is 9.93. The van der Waals surface area contributed by atoms with Crippen LogP contribution in [0.15, 0.2) is 43.2 Å². The first-order valence-corrected chi connectivity index (χ1v) is 4.81. The second kappa shape index (κ2) is 4.05. The van der Waals surface area contributed by atoms with Crippen molar-refractivity contribution in [2.24, 2.45) is 0 Å². The van der Waals surface area contributed by atoms with Crippen LogP contribution in [-0.2, 0) is 0 Å². The summed E-state index contributed by atoms with van der Waals surface area (Å²) in [6, 6.07) is 7.90. The van der Waals surface area contributed by atoms with Crippen LogP contribution in [0.1, 0.15) is 11.1 Å². The molecule has 0 bridgehead atoms. The second-order valence-electron chi connectivity index (χ2n) is 3.40. The smallest absolute Gasteiger partial charge is 0.0892 e. The number of aromatic nitrogens is 2. The largest absolute Gasteiger partial charge is 0.255 e. The number of hydrogen-bond acceptors (Lipinski definition) is 2. The molecule has 0 N–H and O–H groups in total. The maximum absolute atomic E-state index is 4.29. The minimum Gasteiger partial charge on any atom is -0.255 e. The van der Waals surface area contributed by atoms with Gasteiger partial charge < -0.3 is 0 Å². The third kappa shape index (κ3) is 2.10. The Hall–Kier alpha value is -1.96. The fourth-order valence-corrected chi connectivity index (χ4v) is 1.39. The Morgan fingerprint density at radius 1 is 1.07 bits per heavy atom. The molecule has 0 unspecified atom stereocenters. The first kappa shape index (κ1) is 9.59. The van der Waals surface area contributed by atoms with Crippen molar-refractivity contribution < 1.29 is 0 Å². The Morgan fingerprint density at radius 2 is 1.73 bits per heavy atom. The van der Waals surface area contributed by atoms with Gasteiger partial charge in [-0.3, -0.25) is 9.97 Å². The lowest BCUT2D eigenvalue weighted by atomic mass is 10.1. The molecule has 2 nitrogen and oxygen atoms in total. The van der Waals surface area contributed by atoms with Crippen LogP contribution in [0.25, 0.3) is 17.5 Å². The predicted octanol–water partition coefficient (Wildman–Crippen LogP) is 3.10. The van der Waals surface area contributed by atoms with E-state index >= 15 is 0 Å². The topological polar surface area (TPSA) is 25.8 Å². The molecule has 0 aliphatic carbocycles. The summed E-state index contributed by atoms with van der Waals surface area (Å²) >= 11 is 0. The van der Waals surface area contributed by atoms with Gasteiger partial charge in [0.05, 0.1) is 11.4 Å². The van der Waals surface area contributed by atoms with Gasteiger partial charge in [0.1, 0.15) is 0 Å². The van der Waals surface area contributed by atoms with Gasteiger partial charge in [0.15, 0.2) is 0 Å². The first-order chi connectivity index (χ1) is 7.29. The van der Waals surface area contributed by atoms with Gasteiger partial charge in [0, 0.05) is 12.4 Å². The first-order valence-electron chi connectivity index (χ1n) is 4.81. The Kier molecular flexibility index (Phi) is 2.59. The Labute approximate surface area is 89.3 Å². The van der Waals surface area contributed by atoms with Crippen molar-refractivity contribution in [3.8, 4) is 11.4 Å². The zero-order chi connectivity index (χ0) is 10.7. The molecule has 0 saturated carbocycles. The summed E-state index contributed by atoms with van der Waals surface area (Å²) in [5.41, 5.74) is 4.03. The van der Waals surface area contributed by atoms with E-state index in [0.717, 1.165) is 17.0 Å². The van der Waals surface area contributed by atoms with Crippen LogP contribution in [0.4, 0.5) is 0 Å². The third-order valence-corrected chi connectivity index (χ3v) is 2.20. The van der Waals surface area contributed by atoms with Crippen molar-refractivity contribution in [3.05, 3.63) is 54.4 Å². The molecular formula is C13H12N2. The molecule has 2 aromatic rings. The summed E-state index contributed by atoms with van der Waals surface area (Å²) in [4.78, 5) is 8.58. The standard InChI is InChI=1S/C13H12N2/c1-3-11-5-7-15-13(9-11)12-8-10(2)4-6-14-12/h3-9H,1H2,2H3. The highest BCUT2D eigenvalue weighted by Crippen LogP contribution is 2.16. The summed E-state index contributed by atoms with van der Waals surface area (Å²) < 4.78 is 0. The van der Waals surface area contributed by atoms with Crippen LogP contribution < -0.4 is 0 Å². The fraction of sp³-hybridized carbons (Fsp3) is 0.0769. The Bertz CT molecular complexity index is 489. The quantitative estimate of drug-likeness (QED) is 0.737. The van der Waals surface area contributed by atoms with Crippen molar-refractivity contribution >= 4 is 6.08 Å². The highest BCUT2D eigenvalue weighted by Gasteiger charge is 2.00. The maximum atomic E-state index is 4.29. The average molecular weight is 196 g/mol. The number of nitrogens with zero attached hydrogens (tertiary/aromatic N) is 2. The highest BCUT2D eigenvalue weighted by atomic mass is 14.8. The fourth-order valence-electron chi connectivity index (χ4n) is 1.39. The van der Waals surface area contributed by atoms with Gasteiger partial charge in [-0.2, -0.15) is 0 Å². The predicted molar refractivity (Wildman–Crippen MR) is 62.3 cm³/mol. The lowest BCUT2D eigenvalue weighted by Gasteiger charge is -2.01. The molecule has 2 heteroatoms. The van der Waals surface area contributed by atoms with Crippen LogP contribution >= 0.6 is 0 Å². The average Bonchev–Trinajstić information content (AvgIpc) is 2.29. The molecule has 74 valence electrons. The molecule has 15 heavy (non-hydrogen) atoms. The van der Waals surface area contributed by atoms with Crippen molar-refractivity contribution in [3.63, 3.8) is 0 Å². The van der Waals surface area contributed by atoms with E-state index < -0.39 is 0 Å². The molecule has 0 aromatic carbocycles. The van der Waals surface area contributed by atoms with Crippen molar-refractivity contribution in [2.45, 2.75) is 6.92 Å². The van der Waals surface area contributed by atoms with E-state index in [0.29, 0.717) is 0 Å². The van der Waals surface area contributed by atoms with E-state index in [-0.39, 0.29) is 0 Å². The van der Waals surface area contributed by atoms with Crippen molar-refractivity contribution in [1.82, 2.24) is 9.97 Å². The molecule has 0 amide bonds. The summed E-state index contributed by atoms with van der Waals surface area (Å²) in [7, 11) is 0. The van der Waals surface area contributed by atoms with Gasteiger partial charge in [-0.05, 0) is 42.3 Å². The second-order valence-corrected chi connectivity index (χ2v) is 3.40. The van der Waals surface area contributed by atoms with Crippen LogP contribution in [-0.4, -0.2) is 9.97 Å². The number of aryl methyl sites for hydroxylation is 1. The molecular weight excluding hydrogens is 184 g/mol. The van der Waals surface area contributed by atoms with Gasteiger partial charge >= 0.3 is 0 Å². The van der Waals surface area contributed by atoms with Gasteiger partial charge in [-0.15, -0.1) is 0 Å². The number of hydrogen-bond donors (Lipinski definition) is 0. The van der Waals surface area contributed by atoms with E-state index in [2.05, 4.69) is 16.5 Å². The molecule has 0 atom stereocenters. The van der Waals surface area contributed by atoms with E-state index in [1.807, 2.05) is 31.2 Å². The zero-order valence-electron chi connectivity index (χ0n) is 8.64. The van der Waals surface area contributed by atoms with Gasteiger partial charge in [-0.1, -0.05) is 12.7 Å². The summed E-state index contributed by atoms with van der Waals surface area (Å²) in [5.74, 6) is 0. The molecule has 0 saturated heterocycles. The molecule has 0 fully saturated rings. The third-order valence-electron chi connectivity index (χ3n) is 2.20. The van der Waals surface area contributed by atoms with Crippen molar-refractivity contribution in [2.75, 3.05) is 0 Å². The summed E-state index contributed by atoms with van der Waals surface area (Å²) in [5, 5.41) is 0. The Balaban J connectivity index is 2.49. The van der Waals surface area contributed by atoms with E-state index in [9.17, 15) is 0 Å². The lowest BCUT2D eigenvalue weighted by molar-refractivity contribution is 1.23. The van der Waals surface area contributed by atoms with Crippen LogP contribution in [0, 0.1) is 6.92 Å². The van der Waals surface area contributed by atoms with E-state index in [1.54, 1.807) is 18.5 Å². The molecule has 2 aromatic heterocycles. The zero-order valence-corrected chi connectivity index (χ0v) is 8.64. The van der Waals surface area contributed by atoms with E-state index in [1.165, 1.54) is 5.56 Å².